The van der Waals surface area contributed by atoms with E-state index < -0.39 is 0 Å². The fourth-order valence-corrected chi connectivity index (χ4v) is 5.09. The summed E-state index contributed by atoms with van der Waals surface area (Å²) < 4.78 is 0. The zero-order valence-corrected chi connectivity index (χ0v) is 16.1. The van der Waals surface area contributed by atoms with Crippen LogP contribution in [0.1, 0.15) is 103 Å². The molecule has 0 heterocycles. The molecule has 0 radical (unpaired) electrons. The lowest BCUT2D eigenvalue weighted by Gasteiger charge is -2.36. The maximum atomic E-state index is 9.59. The number of nitriles is 1. The highest BCUT2D eigenvalue weighted by molar-refractivity contribution is 5.02. The lowest BCUT2D eigenvalue weighted by atomic mass is 9.67. The summed E-state index contributed by atoms with van der Waals surface area (Å²) in [6.07, 6.45) is 22.0. The van der Waals surface area contributed by atoms with Gasteiger partial charge in [-0.1, -0.05) is 70.8 Å². The van der Waals surface area contributed by atoms with E-state index in [0.717, 1.165) is 43.4 Å². The van der Waals surface area contributed by atoms with Crippen LogP contribution in [0, 0.1) is 34.5 Å². The molecule has 2 rings (SSSR count). The lowest BCUT2D eigenvalue weighted by molar-refractivity contribution is 0.174. The highest BCUT2D eigenvalue weighted by atomic mass is 14.4. The molecule has 2 fully saturated rings. The number of rotatable bonds is 9. The molecule has 2 aliphatic carbocycles. The molecule has 0 amide bonds. The Morgan fingerprint density at radius 3 is 2.00 bits per heavy atom. The summed E-state index contributed by atoms with van der Waals surface area (Å²) in [5, 5.41) is 9.59. The van der Waals surface area contributed by atoms with Crippen molar-refractivity contribution in [2.45, 2.75) is 103 Å². The van der Waals surface area contributed by atoms with Gasteiger partial charge in [-0.15, -0.1) is 6.58 Å². The van der Waals surface area contributed by atoms with Crippen LogP contribution in [-0.4, -0.2) is 0 Å². The van der Waals surface area contributed by atoms with Gasteiger partial charge in [-0.2, -0.15) is 5.26 Å². The van der Waals surface area contributed by atoms with Gasteiger partial charge in [-0.25, -0.2) is 0 Å². The number of unbranched alkanes of at least 4 members (excludes halogenated alkanes) is 1. The summed E-state index contributed by atoms with van der Waals surface area (Å²) in [6.45, 7) is 6.13. The summed E-state index contributed by atoms with van der Waals surface area (Å²) in [6, 6.07) is 2.65. The van der Waals surface area contributed by atoms with Crippen molar-refractivity contribution in [1.82, 2.24) is 0 Å². The lowest BCUT2D eigenvalue weighted by Crippen LogP contribution is -2.26. The van der Waals surface area contributed by atoms with E-state index in [1.54, 1.807) is 0 Å². The van der Waals surface area contributed by atoms with Crippen molar-refractivity contribution in [2.75, 3.05) is 0 Å². The van der Waals surface area contributed by atoms with E-state index in [1.165, 1.54) is 70.6 Å². The molecule has 0 saturated heterocycles. The van der Waals surface area contributed by atoms with Crippen LogP contribution in [0.5, 0.6) is 0 Å². The van der Waals surface area contributed by atoms with E-state index in [9.17, 15) is 5.26 Å². The van der Waals surface area contributed by atoms with Crippen LogP contribution in [0.25, 0.3) is 0 Å². The van der Waals surface area contributed by atoms with Crippen molar-refractivity contribution < 1.29 is 0 Å². The quantitative estimate of drug-likeness (QED) is 0.403. The first-order valence-electron chi connectivity index (χ1n) is 10.7. The normalized spacial score (nSPS) is 33.8. The predicted molar refractivity (Wildman–Crippen MR) is 104 cm³/mol. The van der Waals surface area contributed by atoms with Gasteiger partial charge in [0.2, 0.25) is 0 Å². The average Bonchev–Trinajstić information content (AvgIpc) is 2.65. The summed E-state index contributed by atoms with van der Waals surface area (Å²) in [4.78, 5) is 0. The topological polar surface area (TPSA) is 23.8 Å². The number of hydrogen-bond acceptors (Lipinski definition) is 1. The van der Waals surface area contributed by atoms with Gasteiger partial charge in [0, 0.05) is 0 Å². The van der Waals surface area contributed by atoms with Crippen LogP contribution in [0.15, 0.2) is 12.7 Å². The summed E-state index contributed by atoms with van der Waals surface area (Å²) >= 11 is 0. The third-order valence-corrected chi connectivity index (χ3v) is 7.04. The average molecular weight is 330 g/mol. The third kappa shape index (κ3) is 5.94. The fourth-order valence-electron chi connectivity index (χ4n) is 5.09. The fraction of sp³-hybridized carbons (Fsp3) is 0.870. The van der Waals surface area contributed by atoms with Crippen LogP contribution < -0.4 is 0 Å². The Morgan fingerprint density at radius 2 is 1.50 bits per heavy atom. The molecule has 0 N–H and O–H groups in total. The summed E-state index contributed by atoms with van der Waals surface area (Å²) in [5.41, 5.74) is -0.0258. The minimum atomic E-state index is -0.0258. The number of hydrogen-bond donors (Lipinski definition) is 0. The van der Waals surface area contributed by atoms with E-state index in [1.807, 2.05) is 6.08 Å². The molecule has 0 aromatic carbocycles. The molecular formula is C23H39N. The van der Waals surface area contributed by atoms with Crippen molar-refractivity contribution in [3.63, 3.8) is 0 Å². The first kappa shape index (κ1) is 19.6. The molecule has 1 heteroatoms. The van der Waals surface area contributed by atoms with Gasteiger partial charge in [0.05, 0.1) is 11.5 Å². The van der Waals surface area contributed by atoms with Crippen LogP contribution in [-0.2, 0) is 0 Å². The van der Waals surface area contributed by atoms with Crippen LogP contribution >= 0.6 is 0 Å². The third-order valence-electron chi connectivity index (χ3n) is 7.04. The van der Waals surface area contributed by atoms with Gasteiger partial charge in [0.25, 0.3) is 0 Å². The van der Waals surface area contributed by atoms with Gasteiger partial charge in [0.15, 0.2) is 0 Å². The molecule has 2 saturated carbocycles. The monoisotopic (exact) mass is 329 g/mol. The van der Waals surface area contributed by atoms with Crippen molar-refractivity contribution in [2.24, 2.45) is 23.2 Å². The van der Waals surface area contributed by atoms with Gasteiger partial charge >= 0.3 is 0 Å². The van der Waals surface area contributed by atoms with Crippen LogP contribution in [0.3, 0.4) is 0 Å². The minimum absolute atomic E-state index is 0.0258. The Kier molecular flexibility index (Phi) is 8.37. The molecule has 0 bridgehead atoms. The molecule has 136 valence electrons. The van der Waals surface area contributed by atoms with E-state index in [-0.39, 0.29) is 5.41 Å². The van der Waals surface area contributed by atoms with Crippen molar-refractivity contribution in [3.8, 4) is 6.07 Å². The smallest absolute Gasteiger partial charge is 0.0689 e. The highest BCUT2D eigenvalue weighted by Gasteiger charge is 2.34. The standard InChI is InChI=1S/C23H39N/c1-3-5-7-20-8-10-21(11-9-20)12-13-22-14-17-23(19-24,18-15-22)16-6-4-2/h4,20-22H,2-3,5-18H2,1H3/t20-,21-,22-,23-. The van der Waals surface area contributed by atoms with Gasteiger partial charge in [-0.05, 0) is 56.3 Å². The minimum Gasteiger partial charge on any atom is -0.198 e. The molecular weight excluding hydrogens is 290 g/mol. The molecule has 0 aromatic heterocycles. The predicted octanol–water partition coefficient (Wildman–Crippen LogP) is 7.43. The molecule has 0 aliphatic heterocycles. The second kappa shape index (κ2) is 10.3. The van der Waals surface area contributed by atoms with E-state index in [0.29, 0.717) is 0 Å². The zero-order valence-electron chi connectivity index (χ0n) is 16.1. The maximum absolute atomic E-state index is 9.59. The first-order valence-corrected chi connectivity index (χ1v) is 10.7. The Hall–Kier alpha value is -0.770. The Balaban J connectivity index is 1.63. The number of allylic oxidation sites excluding steroid dienone is 1. The van der Waals surface area contributed by atoms with Crippen LogP contribution in [0.2, 0.25) is 0 Å². The zero-order chi connectivity index (χ0) is 17.3. The Morgan fingerprint density at radius 1 is 0.958 bits per heavy atom. The second-order valence-electron chi connectivity index (χ2n) is 8.77. The van der Waals surface area contributed by atoms with Gasteiger partial charge in [0.1, 0.15) is 0 Å². The highest BCUT2D eigenvalue weighted by Crippen LogP contribution is 2.44. The largest absolute Gasteiger partial charge is 0.198 e. The Bertz CT molecular complexity index is 389. The first-order chi connectivity index (χ1) is 11.7. The van der Waals surface area contributed by atoms with Crippen molar-refractivity contribution >= 4 is 0 Å². The molecule has 1 nitrogen and oxygen atoms in total. The van der Waals surface area contributed by atoms with Gasteiger partial charge in [-0.3, -0.25) is 0 Å². The molecule has 0 unspecified atom stereocenters. The van der Waals surface area contributed by atoms with Crippen molar-refractivity contribution in [1.29, 1.82) is 5.26 Å². The number of nitrogens with zero attached hydrogens (tertiary/aromatic N) is 1. The molecule has 0 spiro atoms. The second-order valence-corrected chi connectivity index (χ2v) is 8.77. The molecule has 0 aromatic rings. The van der Waals surface area contributed by atoms with Gasteiger partial charge < -0.3 is 0 Å². The Labute approximate surface area is 150 Å². The summed E-state index contributed by atoms with van der Waals surface area (Å²) in [5.74, 6) is 2.94. The molecule has 2 aliphatic rings. The maximum Gasteiger partial charge on any atom is 0.0689 e. The van der Waals surface area contributed by atoms with Crippen LogP contribution in [0.4, 0.5) is 0 Å². The van der Waals surface area contributed by atoms with E-state index >= 15 is 0 Å². The molecule has 0 atom stereocenters. The molecule has 24 heavy (non-hydrogen) atoms. The van der Waals surface area contributed by atoms with E-state index in [4.69, 9.17) is 0 Å². The van der Waals surface area contributed by atoms with E-state index in [2.05, 4.69) is 19.6 Å². The SMILES string of the molecule is C=CCC[C@]1(C#N)CC[C@H](CC[C@H]2CC[C@H](CCCC)CC2)CC1. The summed E-state index contributed by atoms with van der Waals surface area (Å²) in [7, 11) is 0. The van der Waals surface area contributed by atoms with Crippen molar-refractivity contribution in [3.05, 3.63) is 12.7 Å².